The van der Waals surface area contributed by atoms with E-state index in [9.17, 15) is 33.6 Å². The minimum Gasteiger partial charge on any atom is -0.469 e. The normalized spacial score (nSPS) is 17.8. The Balaban J connectivity index is 1.43. The van der Waals surface area contributed by atoms with E-state index in [1.165, 1.54) is 27.3 Å². The van der Waals surface area contributed by atoms with Crippen LogP contribution in [0.4, 0.5) is 0 Å². The zero-order valence-corrected chi connectivity index (χ0v) is 39.2. The molecule has 7 heterocycles. The van der Waals surface area contributed by atoms with E-state index in [1.54, 1.807) is 0 Å². The highest BCUT2D eigenvalue weighted by Gasteiger charge is 2.51. The Morgan fingerprint density at radius 1 is 0.721 bits per heavy atom. The van der Waals surface area contributed by atoms with Crippen LogP contribution in [-0.2, 0) is 58.8 Å². The van der Waals surface area contributed by atoms with Crippen molar-refractivity contribution >= 4 is 79.8 Å². The Bertz CT molecular complexity index is 3150. The van der Waals surface area contributed by atoms with Crippen molar-refractivity contribution in [1.82, 2.24) is 29.5 Å². The summed E-state index contributed by atoms with van der Waals surface area (Å²) in [6.45, 7) is 15.0. The van der Waals surface area contributed by atoms with Crippen LogP contribution in [0, 0.1) is 13.8 Å². The number of hydrogen-bond acceptors (Lipinski definition) is 15. The zero-order valence-electron chi connectivity index (χ0n) is 39.2. The minimum atomic E-state index is -1.47. The van der Waals surface area contributed by atoms with Gasteiger partial charge in [-0.15, -0.1) is 0 Å². The summed E-state index contributed by atoms with van der Waals surface area (Å²) < 4.78 is 33.3. The van der Waals surface area contributed by atoms with Gasteiger partial charge in [-0.05, 0) is 110 Å². The van der Waals surface area contributed by atoms with Crippen molar-refractivity contribution in [3.05, 3.63) is 109 Å². The highest BCUT2D eigenvalue weighted by Crippen LogP contribution is 2.40. The third kappa shape index (κ3) is 9.88. The molecular weight excluding hydrogens is 881 g/mol. The Morgan fingerprint density at radius 2 is 1.34 bits per heavy atom. The largest absolute Gasteiger partial charge is 0.469 e. The van der Waals surface area contributed by atoms with Gasteiger partial charge in [0, 0.05) is 67.4 Å². The smallest absolute Gasteiger partial charge is 0.330 e. The van der Waals surface area contributed by atoms with Crippen molar-refractivity contribution in [2.24, 2.45) is 0 Å². The van der Waals surface area contributed by atoms with Crippen molar-refractivity contribution in [2.75, 3.05) is 20.8 Å². The fourth-order valence-electron chi connectivity index (χ4n) is 8.67. The lowest BCUT2D eigenvalue weighted by Crippen LogP contribution is -2.42. The molecule has 4 aromatic heterocycles. The van der Waals surface area contributed by atoms with Crippen molar-refractivity contribution in [3.63, 3.8) is 0 Å². The lowest BCUT2D eigenvalue weighted by atomic mass is 9.95. The Labute approximate surface area is 389 Å². The second-order valence-electron chi connectivity index (χ2n) is 16.7. The number of aryl methyl sites for hydroxylation is 3. The lowest BCUT2D eigenvalue weighted by Gasteiger charge is -2.24. The summed E-state index contributed by atoms with van der Waals surface area (Å²) in [6, 6.07) is 9.47. The maximum atomic E-state index is 13.9. The van der Waals surface area contributed by atoms with Crippen molar-refractivity contribution < 1.29 is 52.4 Å². The summed E-state index contributed by atoms with van der Waals surface area (Å²) >= 11 is 0. The highest BCUT2D eigenvalue weighted by molar-refractivity contribution is 6.14. The Kier molecular flexibility index (Phi) is 14.0. The molecule has 19 nitrogen and oxygen atoms in total. The molecule has 3 aliphatic rings. The van der Waals surface area contributed by atoms with Gasteiger partial charge in [0.2, 0.25) is 0 Å². The van der Waals surface area contributed by atoms with E-state index in [0.717, 1.165) is 51.8 Å². The number of esters is 5. The quantitative estimate of drug-likeness (QED) is 0.107. The van der Waals surface area contributed by atoms with E-state index in [2.05, 4.69) is 21.5 Å². The van der Waals surface area contributed by atoms with Gasteiger partial charge in [-0.25, -0.2) is 14.8 Å². The molecule has 3 aliphatic heterocycles. The molecule has 4 atom stereocenters. The molecule has 0 aliphatic carbocycles. The van der Waals surface area contributed by atoms with Gasteiger partial charge in [0.25, 0.3) is 5.56 Å². The molecule has 1 fully saturated rings. The number of methoxy groups -OCH3 is 2. The van der Waals surface area contributed by atoms with Crippen LogP contribution in [-0.4, -0.2) is 98.5 Å². The average Bonchev–Trinajstić information content (AvgIpc) is 4.04. The van der Waals surface area contributed by atoms with Gasteiger partial charge in [-0.2, -0.15) is 0 Å². The van der Waals surface area contributed by atoms with E-state index in [0.29, 0.717) is 63.3 Å². The molecule has 8 bridgehead atoms. The molecule has 1 saturated heterocycles. The van der Waals surface area contributed by atoms with Gasteiger partial charge in [-0.3, -0.25) is 38.3 Å². The zero-order chi connectivity index (χ0) is 49.3. The second-order valence-corrected chi connectivity index (χ2v) is 16.7. The van der Waals surface area contributed by atoms with Gasteiger partial charge in [0.15, 0.2) is 18.4 Å². The third-order valence-corrected chi connectivity index (χ3v) is 12.1. The number of hydrogen-bond donors (Lipinski definition) is 3. The molecule has 2 unspecified atom stereocenters. The molecule has 3 N–H and O–H groups in total. The lowest BCUT2D eigenvalue weighted by molar-refractivity contribution is -0.166. The minimum absolute atomic E-state index is 0.0727. The number of H-pyrrole nitrogens is 3. The summed E-state index contributed by atoms with van der Waals surface area (Å²) in [5.41, 5.74) is 8.70. The topological polar surface area (TPSA) is 253 Å². The summed E-state index contributed by atoms with van der Waals surface area (Å²) in [4.78, 5) is 108. The van der Waals surface area contributed by atoms with Crippen LogP contribution < -0.4 is 11.2 Å². The van der Waals surface area contributed by atoms with E-state index >= 15 is 0 Å². The molecule has 0 amide bonds. The van der Waals surface area contributed by atoms with Gasteiger partial charge >= 0.3 is 35.5 Å². The molecular formula is C49H52N6O13. The van der Waals surface area contributed by atoms with E-state index < -0.39 is 60.3 Å². The number of allylic oxidation sites excluding steroid dienone is 5. The van der Waals surface area contributed by atoms with E-state index in [4.69, 9.17) is 38.4 Å². The molecule has 0 radical (unpaired) electrons. The number of ether oxygens (including phenoxy) is 6. The standard InChI is InChI=1S/C49H52N6O13/c1-22-15-30-16-35-23(2)31(11-13-42(59)63-9)38(51-35)19-39-32(12-14-43(60)64-10)24(3)36(52-39)18-37-26(5)44(40(53-37)17-34(22)50-30)25(4)33-20-55(49(62)54-47(33)61)48-46(67-29(8)58)45(66-28(7)57)41(68-48)21-65-27(6)56/h15-20,41,45-46,48,50,52H,4,11-14,21H2,1-3,5-10H3,(H,54,61,62)/t41-,45?,46?,48-/m1/s1. The Morgan fingerprint density at radius 3 is 2.00 bits per heavy atom. The van der Waals surface area contributed by atoms with Crippen molar-refractivity contribution in [3.8, 4) is 0 Å². The third-order valence-electron chi connectivity index (χ3n) is 12.1. The first-order valence-corrected chi connectivity index (χ1v) is 21.7. The van der Waals surface area contributed by atoms with Crippen LogP contribution in [0.5, 0.6) is 0 Å². The number of carbonyl (C=O) groups is 5. The van der Waals surface area contributed by atoms with Crippen LogP contribution in [0.1, 0.15) is 105 Å². The first-order valence-electron chi connectivity index (χ1n) is 21.7. The molecule has 19 heteroatoms. The SMILES string of the molecule is C=C(C1=C(C)c2cc3[nH]c(cc4nc(cc5cc(C)c(cc1n2)[nH]5)C(C)=C4CCC(=O)OC)c(CCC(=O)OC)c3C)c1cn([C@@H]2O[C@H](COC(C)=O)C(OC(C)=O)C2OC(C)=O)c(=O)[nH]c1=O. The van der Waals surface area contributed by atoms with Crippen LogP contribution in [0.2, 0.25) is 0 Å². The molecule has 68 heavy (non-hydrogen) atoms. The maximum absolute atomic E-state index is 13.9. The monoisotopic (exact) mass is 932 g/mol. The Hall–Kier alpha value is -7.67. The molecule has 4 aromatic rings. The van der Waals surface area contributed by atoms with Crippen LogP contribution in [0.25, 0.3) is 49.9 Å². The second kappa shape index (κ2) is 19.7. The molecule has 7 rings (SSSR count). The summed E-state index contributed by atoms with van der Waals surface area (Å²) in [5, 5.41) is 0. The number of nitrogens with zero attached hydrogens (tertiary/aromatic N) is 3. The number of nitrogens with one attached hydrogen (secondary N) is 3. The van der Waals surface area contributed by atoms with E-state index in [1.807, 2.05) is 58.0 Å². The predicted molar refractivity (Wildman–Crippen MR) is 249 cm³/mol. The fraction of sp³-hybridized carbons (Fsp3) is 0.367. The van der Waals surface area contributed by atoms with Crippen LogP contribution in [0.15, 0.2) is 52.7 Å². The molecule has 0 saturated carbocycles. The van der Waals surface area contributed by atoms with Crippen molar-refractivity contribution in [2.45, 2.75) is 98.7 Å². The van der Waals surface area contributed by atoms with Gasteiger partial charge < -0.3 is 38.4 Å². The van der Waals surface area contributed by atoms with Crippen LogP contribution in [0.3, 0.4) is 0 Å². The summed E-state index contributed by atoms with van der Waals surface area (Å²) in [7, 11) is 2.68. The molecule has 356 valence electrons. The summed E-state index contributed by atoms with van der Waals surface area (Å²) in [5.74, 6) is -2.94. The number of carbonyl (C=O) groups excluding carboxylic acids is 5. The number of fused-ring (bicyclic) bond motifs is 8. The molecule has 0 spiro atoms. The number of aromatic amines is 3. The van der Waals surface area contributed by atoms with E-state index in [-0.39, 0.29) is 35.9 Å². The number of rotatable bonds is 13. The first kappa shape index (κ1) is 48.3. The molecule has 0 aromatic carbocycles. The number of aromatic nitrogens is 6. The predicted octanol–water partition coefficient (Wildman–Crippen LogP) is 5.74. The van der Waals surface area contributed by atoms with Gasteiger partial charge in [0.1, 0.15) is 12.7 Å². The van der Waals surface area contributed by atoms with Crippen LogP contribution >= 0.6 is 0 Å². The fourth-order valence-corrected chi connectivity index (χ4v) is 8.67. The average molecular weight is 933 g/mol. The maximum Gasteiger partial charge on any atom is 0.330 e. The van der Waals surface area contributed by atoms with Crippen molar-refractivity contribution in [1.29, 1.82) is 0 Å². The van der Waals surface area contributed by atoms with Gasteiger partial charge in [0.05, 0.1) is 42.6 Å². The van der Waals surface area contributed by atoms with Gasteiger partial charge in [-0.1, -0.05) is 6.58 Å². The first-order chi connectivity index (χ1) is 32.3. The highest BCUT2D eigenvalue weighted by atomic mass is 16.7. The summed E-state index contributed by atoms with van der Waals surface area (Å²) in [6.07, 6.45) is -3.20.